The second-order valence-electron chi connectivity index (χ2n) is 2.83. The van der Waals surface area contributed by atoms with Crippen molar-refractivity contribution in [1.82, 2.24) is 0 Å². The Kier molecular flexibility index (Phi) is 6.13. The van der Waals surface area contributed by atoms with Gasteiger partial charge in [0.15, 0.2) is 5.85 Å². The van der Waals surface area contributed by atoms with Crippen LogP contribution in [0.1, 0.15) is 6.92 Å². The van der Waals surface area contributed by atoms with E-state index in [9.17, 15) is 0 Å². The van der Waals surface area contributed by atoms with Crippen LogP contribution in [-0.2, 0) is 9.47 Å². The molecule has 6 N–H and O–H groups in total. The van der Waals surface area contributed by atoms with Gasteiger partial charge in [-0.15, -0.1) is 0 Å². The Hall–Kier alpha value is -0.240. The van der Waals surface area contributed by atoms with Crippen LogP contribution in [0, 0.1) is 0 Å². The summed E-state index contributed by atoms with van der Waals surface area (Å²) in [4.78, 5) is 0. The normalized spacial score (nSPS) is 26.1. The minimum atomic E-state index is -0.750. The standard InChI is InChI=1S/C3H6O.C2H6N2O.C2H6O2/c1-3-2-4-3;3-2(4)1-5-2;3-1-2-4/h3H,2H2,1H3;1,3-4H2;3-4H,1-2H2. The van der Waals surface area contributed by atoms with Crippen LogP contribution in [0.4, 0.5) is 0 Å². The van der Waals surface area contributed by atoms with E-state index in [2.05, 4.69) is 11.7 Å². The summed E-state index contributed by atoms with van der Waals surface area (Å²) in [5.74, 6) is -0.750. The Labute approximate surface area is 77.4 Å². The van der Waals surface area contributed by atoms with Crippen molar-refractivity contribution in [3.05, 3.63) is 0 Å². The lowest BCUT2D eigenvalue weighted by Gasteiger charge is -1.84. The number of rotatable bonds is 1. The fraction of sp³-hybridized carbons (Fsp3) is 1.00. The van der Waals surface area contributed by atoms with Crippen molar-refractivity contribution in [3.63, 3.8) is 0 Å². The molecule has 6 nitrogen and oxygen atoms in total. The molecule has 2 aliphatic heterocycles. The number of hydrogen-bond donors (Lipinski definition) is 4. The zero-order chi connectivity index (χ0) is 10.3. The summed E-state index contributed by atoms with van der Waals surface area (Å²) in [6.45, 7) is 3.30. The van der Waals surface area contributed by atoms with Gasteiger partial charge in [-0.3, -0.25) is 11.5 Å². The molecule has 13 heavy (non-hydrogen) atoms. The molecule has 6 heteroatoms. The van der Waals surface area contributed by atoms with Gasteiger partial charge in [0.2, 0.25) is 0 Å². The highest BCUT2D eigenvalue weighted by Crippen LogP contribution is 2.08. The highest BCUT2D eigenvalue weighted by atomic mass is 16.6. The summed E-state index contributed by atoms with van der Waals surface area (Å²) in [6.07, 6.45) is 0.583. The summed E-state index contributed by atoms with van der Waals surface area (Å²) in [5.41, 5.74) is 10.0. The van der Waals surface area contributed by atoms with Gasteiger partial charge < -0.3 is 19.7 Å². The lowest BCUT2D eigenvalue weighted by Crippen LogP contribution is -2.34. The van der Waals surface area contributed by atoms with Crippen LogP contribution in [0.15, 0.2) is 0 Å². The molecular formula is C7H18N2O4. The van der Waals surface area contributed by atoms with Gasteiger partial charge in [0, 0.05) is 0 Å². The summed E-state index contributed by atoms with van der Waals surface area (Å²) in [7, 11) is 0. The Balaban J connectivity index is 0.000000168. The lowest BCUT2D eigenvalue weighted by molar-refractivity contribution is 0.186. The number of aliphatic hydroxyl groups is 2. The highest BCUT2D eigenvalue weighted by molar-refractivity contribution is 4.75. The third-order valence-electron chi connectivity index (χ3n) is 1.08. The van der Waals surface area contributed by atoms with Crippen molar-refractivity contribution in [3.8, 4) is 0 Å². The first-order chi connectivity index (χ1) is 6.02. The fourth-order valence-corrected chi connectivity index (χ4v) is 0.180. The highest BCUT2D eigenvalue weighted by Gasteiger charge is 2.34. The van der Waals surface area contributed by atoms with E-state index in [1.165, 1.54) is 0 Å². The second-order valence-corrected chi connectivity index (χ2v) is 2.83. The molecule has 0 aromatic rings. The molecule has 0 radical (unpaired) electrons. The molecule has 0 aromatic carbocycles. The number of hydrogen-bond acceptors (Lipinski definition) is 6. The third-order valence-corrected chi connectivity index (χ3v) is 1.08. The van der Waals surface area contributed by atoms with Crippen molar-refractivity contribution >= 4 is 0 Å². The molecule has 0 bridgehead atoms. The zero-order valence-corrected chi connectivity index (χ0v) is 7.77. The number of aliphatic hydroxyl groups excluding tert-OH is 2. The summed E-state index contributed by atoms with van der Waals surface area (Å²) in [6, 6.07) is 0. The van der Waals surface area contributed by atoms with Crippen molar-refractivity contribution in [2.75, 3.05) is 26.4 Å². The number of ether oxygens (including phenoxy) is 2. The van der Waals surface area contributed by atoms with Gasteiger partial charge >= 0.3 is 0 Å². The molecule has 2 fully saturated rings. The van der Waals surface area contributed by atoms with E-state index in [4.69, 9.17) is 26.4 Å². The van der Waals surface area contributed by atoms with Gasteiger partial charge in [-0.25, -0.2) is 0 Å². The van der Waals surface area contributed by atoms with Crippen LogP contribution in [0.5, 0.6) is 0 Å². The molecule has 0 amide bonds. The SMILES string of the molecule is CC1CO1.NC1(N)CO1.OCCO. The van der Waals surface area contributed by atoms with Crippen molar-refractivity contribution in [2.24, 2.45) is 11.5 Å². The van der Waals surface area contributed by atoms with E-state index in [-0.39, 0.29) is 13.2 Å². The molecular weight excluding hydrogens is 176 g/mol. The minimum absolute atomic E-state index is 0.125. The van der Waals surface area contributed by atoms with E-state index in [1.807, 2.05) is 0 Å². The van der Waals surface area contributed by atoms with Crippen LogP contribution in [0.2, 0.25) is 0 Å². The maximum atomic E-state index is 7.62. The Morgan fingerprint density at radius 2 is 1.62 bits per heavy atom. The van der Waals surface area contributed by atoms with Gasteiger partial charge in [-0.2, -0.15) is 0 Å². The first-order valence-electron chi connectivity index (χ1n) is 4.07. The average Bonchev–Trinajstić information content (AvgIpc) is 2.96. The molecule has 80 valence electrons. The molecule has 0 aromatic heterocycles. The van der Waals surface area contributed by atoms with E-state index < -0.39 is 5.85 Å². The van der Waals surface area contributed by atoms with Crippen LogP contribution < -0.4 is 11.5 Å². The van der Waals surface area contributed by atoms with Gasteiger partial charge in [0.25, 0.3) is 0 Å². The van der Waals surface area contributed by atoms with Crippen LogP contribution >= 0.6 is 0 Å². The van der Waals surface area contributed by atoms with E-state index >= 15 is 0 Å². The molecule has 2 aliphatic rings. The summed E-state index contributed by atoms with van der Waals surface area (Å²) < 4.78 is 9.16. The first-order valence-corrected chi connectivity index (χ1v) is 4.07. The van der Waals surface area contributed by atoms with Crippen molar-refractivity contribution < 1.29 is 19.7 Å². The van der Waals surface area contributed by atoms with E-state index in [0.717, 1.165) is 6.61 Å². The van der Waals surface area contributed by atoms with E-state index in [1.54, 1.807) is 0 Å². The summed E-state index contributed by atoms with van der Waals surface area (Å²) >= 11 is 0. The molecule has 2 rings (SSSR count). The predicted molar refractivity (Wildman–Crippen MR) is 46.6 cm³/mol. The average molecular weight is 194 g/mol. The molecule has 2 saturated heterocycles. The minimum Gasteiger partial charge on any atom is -0.394 e. The fourth-order valence-electron chi connectivity index (χ4n) is 0.180. The third kappa shape index (κ3) is 14.6. The molecule has 1 atom stereocenters. The van der Waals surface area contributed by atoms with Gasteiger partial charge in [0.1, 0.15) is 6.61 Å². The summed E-state index contributed by atoms with van der Waals surface area (Å²) in [5, 5.41) is 15.2. The first kappa shape index (κ1) is 12.8. The van der Waals surface area contributed by atoms with Crippen LogP contribution in [-0.4, -0.2) is 48.6 Å². The lowest BCUT2D eigenvalue weighted by atomic mass is 10.6. The van der Waals surface area contributed by atoms with Gasteiger partial charge in [-0.1, -0.05) is 0 Å². The molecule has 1 unspecified atom stereocenters. The molecule has 0 aliphatic carbocycles. The van der Waals surface area contributed by atoms with Gasteiger partial charge in [0.05, 0.1) is 25.9 Å². The molecule has 0 spiro atoms. The smallest absolute Gasteiger partial charge is 0.194 e. The topological polar surface area (TPSA) is 118 Å². The Morgan fingerprint density at radius 3 is 1.62 bits per heavy atom. The maximum absolute atomic E-state index is 7.62. The largest absolute Gasteiger partial charge is 0.394 e. The van der Waals surface area contributed by atoms with Crippen molar-refractivity contribution in [2.45, 2.75) is 18.9 Å². The predicted octanol–water partition coefficient (Wildman–Crippen LogP) is -2.04. The maximum Gasteiger partial charge on any atom is 0.194 e. The Bertz CT molecular complexity index is 120. The van der Waals surface area contributed by atoms with Crippen molar-refractivity contribution in [1.29, 1.82) is 0 Å². The second kappa shape index (κ2) is 6.25. The number of epoxide rings is 2. The molecule has 2 heterocycles. The van der Waals surface area contributed by atoms with Crippen LogP contribution in [0.3, 0.4) is 0 Å². The van der Waals surface area contributed by atoms with E-state index in [0.29, 0.717) is 12.7 Å². The monoisotopic (exact) mass is 194 g/mol. The molecule has 0 saturated carbocycles. The quantitative estimate of drug-likeness (QED) is 0.282. The zero-order valence-electron chi connectivity index (χ0n) is 7.77. The van der Waals surface area contributed by atoms with Crippen LogP contribution in [0.25, 0.3) is 0 Å². The Morgan fingerprint density at radius 1 is 1.38 bits per heavy atom. The van der Waals surface area contributed by atoms with Gasteiger partial charge in [-0.05, 0) is 6.92 Å². The number of nitrogens with two attached hydrogens (primary N) is 2.